The molecule has 2 aliphatic heterocycles. The van der Waals surface area contributed by atoms with Gasteiger partial charge in [0.15, 0.2) is 11.5 Å². The normalized spacial score (nSPS) is 26.9. The third-order valence-electron chi connectivity index (χ3n) is 11.4. The lowest BCUT2D eigenvalue weighted by molar-refractivity contribution is -0.140. The number of carbonyl (C=O) groups excluding carboxylic acids is 4. The van der Waals surface area contributed by atoms with E-state index in [1.54, 1.807) is 66.7 Å². The van der Waals surface area contributed by atoms with Crippen molar-refractivity contribution in [2.24, 2.45) is 23.7 Å². The van der Waals surface area contributed by atoms with E-state index in [9.17, 15) is 24.6 Å². The van der Waals surface area contributed by atoms with E-state index in [1.807, 2.05) is 36.4 Å². The first-order chi connectivity index (χ1) is 24.6. The number of nitrogens with zero attached hydrogens (tertiary/aromatic N) is 2. The second-order valence-electron chi connectivity index (χ2n) is 13.8. The van der Waals surface area contributed by atoms with Crippen LogP contribution in [0.1, 0.15) is 35.4 Å². The average molecular weight is 703 g/mol. The zero-order chi connectivity index (χ0) is 35.6. The summed E-state index contributed by atoms with van der Waals surface area (Å²) in [4.78, 5) is 61.0. The van der Waals surface area contributed by atoms with Gasteiger partial charge in [-0.2, -0.15) is 0 Å². The summed E-state index contributed by atoms with van der Waals surface area (Å²) >= 11 is 6.39. The summed E-state index contributed by atoms with van der Waals surface area (Å²) in [7, 11) is 1.45. The minimum atomic E-state index is -1.44. The number of anilines is 1. The zero-order valence-corrected chi connectivity index (χ0v) is 28.5. The predicted octanol–water partition coefficient (Wildman–Crippen LogP) is 6.16. The molecule has 4 aromatic carbocycles. The Morgan fingerprint density at radius 1 is 0.843 bits per heavy atom. The Labute approximate surface area is 299 Å². The summed E-state index contributed by atoms with van der Waals surface area (Å²) in [6.45, 7) is 0.185. The summed E-state index contributed by atoms with van der Waals surface area (Å²) in [5.41, 5.74) is 1.82. The number of halogens is 1. The number of methoxy groups -OCH3 is 1. The molecule has 10 heteroatoms. The van der Waals surface area contributed by atoms with Gasteiger partial charge >= 0.3 is 0 Å². The van der Waals surface area contributed by atoms with Gasteiger partial charge in [0.25, 0.3) is 0 Å². The number of benzene rings is 4. The van der Waals surface area contributed by atoms with Crippen molar-refractivity contribution in [1.29, 1.82) is 0 Å². The van der Waals surface area contributed by atoms with Gasteiger partial charge in [-0.1, -0.05) is 77.8 Å². The number of hydrogen-bond acceptors (Lipinski definition) is 7. The van der Waals surface area contributed by atoms with E-state index in [2.05, 4.69) is 0 Å². The molecular formula is C41H35ClN2O7. The molecule has 0 radical (unpaired) electrons. The number of imide groups is 2. The van der Waals surface area contributed by atoms with E-state index < -0.39 is 46.8 Å². The monoisotopic (exact) mass is 702 g/mol. The highest BCUT2D eigenvalue weighted by Gasteiger charge is 2.70. The quantitative estimate of drug-likeness (QED) is 0.175. The third kappa shape index (κ3) is 4.97. The van der Waals surface area contributed by atoms with Crippen LogP contribution in [0.15, 0.2) is 109 Å². The molecule has 1 saturated carbocycles. The van der Waals surface area contributed by atoms with Crippen molar-refractivity contribution in [3.8, 4) is 17.2 Å². The van der Waals surface area contributed by atoms with E-state index in [4.69, 9.17) is 16.3 Å². The van der Waals surface area contributed by atoms with Crippen LogP contribution in [0.2, 0.25) is 5.02 Å². The van der Waals surface area contributed by atoms with Crippen LogP contribution >= 0.6 is 11.6 Å². The lowest BCUT2D eigenvalue weighted by Crippen LogP contribution is -2.53. The number of hydrogen-bond donors (Lipinski definition) is 2. The molecule has 258 valence electrons. The molecule has 2 heterocycles. The molecule has 4 aromatic rings. The standard InChI is InChI=1S/C41H35ClN2O7/c1-51-34-17-12-24(20-33(34)46)36-29-15-16-30-35(39(49)43(37(30)47)19-18-23-10-13-28(45)14-11-23)31(29)22-32-38(48)44(27-9-5-8-26(42)21-27)40(50)41(32,36)25-6-3-2-4-7-25/h2-15,17,20-21,30-32,35-36,45-46H,16,18-19,22H2,1H3. The van der Waals surface area contributed by atoms with Crippen LogP contribution in [0.5, 0.6) is 17.2 Å². The van der Waals surface area contributed by atoms with Crippen molar-refractivity contribution in [2.45, 2.75) is 30.6 Å². The van der Waals surface area contributed by atoms with Gasteiger partial charge in [-0.3, -0.25) is 24.1 Å². The number of phenols is 2. The maximum Gasteiger partial charge on any atom is 0.246 e. The first kappa shape index (κ1) is 32.8. The Bertz CT molecular complexity index is 2120. The lowest BCUT2D eigenvalue weighted by atomic mass is 9.49. The summed E-state index contributed by atoms with van der Waals surface area (Å²) in [5, 5.41) is 21.2. The Kier molecular flexibility index (Phi) is 7.98. The minimum absolute atomic E-state index is 0.123. The highest BCUT2D eigenvalue weighted by Crippen LogP contribution is 2.64. The van der Waals surface area contributed by atoms with Gasteiger partial charge in [-0.15, -0.1) is 0 Å². The van der Waals surface area contributed by atoms with Gasteiger partial charge in [-0.25, -0.2) is 4.90 Å². The molecule has 0 bridgehead atoms. The van der Waals surface area contributed by atoms with Gasteiger partial charge in [0.2, 0.25) is 23.6 Å². The highest BCUT2D eigenvalue weighted by atomic mass is 35.5. The Hall–Kier alpha value is -5.41. The van der Waals surface area contributed by atoms with Gasteiger partial charge in [0.1, 0.15) is 5.75 Å². The number of likely N-dealkylation sites (tertiary alicyclic amines) is 1. The molecule has 8 rings (SSSR count). The number of aromatic hydroxyl groups is 2. The van der Waals surface area contributed by atoms with Crippen molar-refractivity contribution in [1.82, 2.24) is 4.90 Å². The van der Waals surface area contributed by atoms with Crippen LogP contribution < -0.4 is 9.64 Å². The van der Waals surface area contributed by atoms with Crippen LogP contribution in [0, 0.1) is 23.7 Å². The van der Waals surface area contributed by atoms with Crippen LogP contribution in [0.3, 0.4) is 0 Å². The van der Waals surface area contributed by atoms with Gasteiger partial charge in [0.05, 0.1) is 36.0 Å². The summed E-state index contributed by atoms with van der Waals surface area (Å²) < 4.78 is 5.36. The third-order valence-corrected chi connectivity index (χ3v) is 11.6. The van der Waals surface area contributed by atoms with Gasteiger partial charge in [-0.05, 0) is 84.3 Å². The molecule has 2 saturated heterocycles. The van der Waals surface area contributed by atoms with Crippen molar-refractivity contribution in [3.05, 3.63) is 130 Å². The molecule has 2 aliphatic carbocycles. The fourth-order valence-electron chi connectivity index (χ4n) is 9.19. The average Bonchev–Trinajstić information content (AvgIpc) is 3.52. The van der Waals surface area contributed by atoms with E-state index in [0.717, 1.165) is 11.1 Å². The smallest absolute Gasteiger partial charge is 0.246 e. The molecule has 6 atom stereocenters. The molecule has 0 spiro atoms. The largest absolute Gasteiger partial charge is 0.508 e. The number of carbonyl (C=O) groups is 4. The number of allylic oxidation sites excluding steroid dienone is 2. The fraction of sp³-hybridized carbons (Fsp3) is 0.268. The molecule has 51 heavy (non-hydrogen) atoms. The lowest BCUT2D eigenvalue weighted by Gasteiger charge is -2.50. The molecule has 4 aliphatic rings. The number of ether oxygens (including phenoxy) is 1. The van der Waals surface area contributed by atoms with E-state index >= 15 is 4.79 Å². The maximum atomic E-state index is 15.3. The van der Waals surface area contributed by atoms with E-state index in [-0.39, 0.29) is 42.0 Å². The minimum Gasteiger partial charge on any atom is -0.508 e. The van der Waals surface area contributed by atoms with E-state index in [1.165, 1.54) is 16.9 Å². The van der Waals surface area contributed by atoms with Crippen molar-refractivity contribution < 1.29 is 34.1 Å². The first-order valence-corrected chi connectivity index (χ1v) is 17.4. The van der Waals surface area contributed by atoms with Crippen LogP contribution in [0.4, 0.5) is 5.69 Å². The highest BCUT2D eigenvalue weighted by molar-refractivity contribution is 6.32. The number of rotatable bonds is 7. The van der Waals surface area contributed by atoms with Gasteiger partial charge < -0.3 is 14.9 Å². The summed E-state index contributed by atoms with van der Waals surface area (Å²) in [5.74, 6) is -4.61. The number of amides is 4. The second-order valence-corrected chi connectivity index (χ2v) is 14.2. The summed E-state index contributed by atoms with van der Waals surface area (Å²) in [6, 6.07) is 27.6. The molecule has 9 nitrogen and oxygen atoms in total. The second kappa shape index (κ2) is 12.4. The molecule has 3 fully saturated rings. The van der Waals surface area contributed by atoms with Crippen LogP contribution in [-0.4, -0.2) is 52.4 Å². The van der Waals surface area contributed by atoms with Crippen LogP contribution in [-0.2, 0) is 31.0 Å². The molecule has 2 N–H and O–H groups in total. The zero-order valence-electron chi connectivity index (χ0n) is 27.7. The fourth-order valence-corrected chi connectivity index (χ4v) is 9.38. The molecular weight excluding hydrogens is 668 g/mol. The van der Waals surface area contributed by atoms with Crippen molar-refractivity contribution >= 4 is 40.9 Å². The number of phenolic OH excluding ortho intramolecular Hbond substituents is 2. The van der Waals surface area contributed by atoms with Crippen molar-refractivity contribution in [3.63, 3.8) is 0 Å². The van der Waals surface area contributed by atoms with Crippen LogP contribution in [0.25, 0.3) is 0 Å². The maximum absolute atomic E-state index is 15.3. The molecule has 4 amide bonds. The Morgan fingerprint density at radius 3 is 2.31 bits per heavy atom. The van der Waals surface area contributed by atoms with E-state index in [0.29, 0.717) is 34.7 Å². The Morgan fingerprint density at radius 2 is 1.61 bits per heavy atom. The Balaban J connectivity index is 1.28. The molecule has 0 aromatic heterocycles. The van der Waals surface area contributed by atoms with Gasteiger partial charge in [0, 0.05) is 17.5 Å². The molecule has 6 unspecified atom stereocenters. The number of fused-ring (bicyclic) bond motifs is 4. The first-order valence-electron chi connectivity index (χ1n) is 17.0. The summed E-state index contributed by atoms with van der Waals surface area (Å²) in [6.07, 6.45) is 2.89. The predicted molar refractivity (Wildman–Crippen MR) is 189 cm³/mol. The van der Waals surface area contributed by atoms with Crippen molar-refractivity contribution in [2.75, 3.05) is 18.6 Å². The SMILES string of the molecule is COc1ccc(C2C3=CCC4C(=O)N(CCc5ccc(O)cc5)C(=O)C4C3CC3C(=O)N(c4cccc(Cl)c4)C(=O)C32c2ccccc2)cc1O. The topological polar surface area (TPSA) is 124 Å².